The summed E-state index contributed by atoms with van der Waals surface area (Å²) in [7, 11) is 0. The fourth-order valence-corrected chi connectivity index (χ4v) is 1.33. The smallest absolute Gasteiger partial charge is 0.239 e. The first-order valence-corrected chi connectivity index (χ1v) is 6.09. The molecule has 1 atom stereocenters. The van der Waals surface area contributed by atoms with Gasteiger partial charge in [-0.1, -0.05) is 30.3 Å². The first-order chi connectivity index (χ1) is 8.38. The number of hydrogen-bond donors (Lipinski definition) is 2. The Kier molecular flexibility index (Phi) is 5.31. The molecular weight excluding hydrogens is 228 g/mol. The third-order valence-electron chi connectivity index (χ3n) is 2.34. The predicted molar refractivity (Wildman–Crippen MR) is 72.0 cm³/mol. The summed E-state index contributed by atoms with van der Waals surface area (Å²) in [4.78, 5) is 11.7. The van der Waals surface area contributed by atoms with E-state index >= 15 is 0 Å². The molecule has 18 heavy (non-hydrogen) atoms. The SMILES string of the molecule is CC(C)(C)OCC(N)C(=O)NCc1ccccc1. The van der Waals surface area contributed by atoms with Crippen LogP contribution in [-0.2, 0) is 16.1 Å². The molecule has 0 spiro atoms. The van der Waals surface area contributed by atoms with Gasteiger partial charge < -0.3 is 15.8 Å². The van der Waals surface area contributed by atoms with Crippen LogP contribution in [0.5, 0.6) is 0 Å². The third-order valence-corrected chi connectivity index (χ3v) is 2.34. The lowest BCUT2D eigenvalue weighted by Crippen LogP contribution is -2.44. The highest BCUT2D eigenvalue weighted by molar-refractivity contribution is 5.81. The fraction of sp³-hybridized carbons (Fsp3) is 0.500. The molecule has 1 aromatic carbocycles. The molecule has 0 aliphatic heterocycles. The van der Waals surface area contributed by atoms with Gasteiger partial charge in [0.25, 0.3) is 0 Å². The van der Waals surface area contributed by atoms with E-state index in [0.29, 0.717) is 6.54 Å². The van der Waals surface area contributed by atoms with Crippen LogP contribution in [0.15, 0.2) is 30.3 Å². The van der Waals surface area contributed by atoms with Gasteiger partial charge in [0.1, 0.15) is 6.04 Å². The number of amides is 1. The summed E-state index contributed by atoms with van der Waals surface area (Å²) in [6, 6.07) is 9.09. The second kappa shape index (κ2) is 6.52. The maximum absolute atomic E-state index is 11.7. The fourth-order valence-electron chi connectivity index (χ4n) is 1.33. The van der Waals surface area contributed by atoms with E-state index in [-0.39, 0.29) is 18.1 Å². The Hall–Kier alpha value is -1.39. The lowest BCUT2D eigenvalue weighted by atomic mass is 10.2. The molecule has 0 fully saturated rings. The second-order valence-electron chi connectivity index (χ2n) is 5.23. The van der Waals surface area contributed by atoms with Gasteiger partial charge in [0, 0.05) is 6.54 Å². The molecule has 0 heterocycles. The number of rotatable bonds is 5. The Balaban J connectivity index is 2.32. The second-order valence-corrected chi connectivity index (χ2v) is 5.23. The summed E-state index contributed by atoms with van der Waals surface area (Å²) in [6.07, 6.45) is 0. The zero-order valence-electron chi connectivity index (χ0n) is 11.3. The van der Waals surface area contributed by atoms with Gasteiger partial charge in [-0.25, -0.2) is 0 Å². The topological polar surface area (TPSA) is 64.3 Å². The van der Waals surface area contributed by atoms with Crippen molar-refractivity contribution in [3.8, 4) is 0 Å². The van der Waals surface area contributed by atoms with Crippen molar-refractivity contribution in [1.82, 2.24) is 5.32 Å². The molecule has 3 N–H and O–H groups in total. The highest BCUT2D eigenvalue weighted by Gasteiger charge is 2.17. The number of hydrogen-bond acceptors (Lipinski definition) is 3. The molecular formula is C14H22N2O2. The van der Waals surface area contributed by atoms with Crippen LogP contribution in [0.3, 0.4) is 0 Å². The van der Waals surface area contributed by atoms with Gasteiger partial charge in [0.2, 0.25) is 5.91 Å². The van der Waals surface area contributed by atoms with Crippen LogP contribution in [0, 0.1) is 0 Å². The number of carbonyl (C=O) groups is 1. The van der Waals surface area contributed by atoms with Crippen molar-refractivity contribution in [2.24, 2.45) is 5.73 Å². The highest BCUT2D eigenvalue weighted by atomic mass is 16.5. The van der Waals surface area contributed by atoms with E-state index in [0.717, 1.165) is 5.56 Å². The zero-order valence-corrected chi connectivity index (χ0v) is 11.3. The van der Waals surface area contributed by atoms with E-state index < -0.39 is 6.04 Å². The van der Waals surface area contributed by atoms with Crippen LogP contribution >= 0.6 is 0 Å². The maximum Gasteiger partial charge on any atom is 0.239 e. The van der Waals surface area contributed by atoms with Crippen molar-refractivity contribution in [1.29, 1.82) is 0 Å². The number of ether oxygens (including phenoxy) is 1. The van der Waals surface area contributed by atoms with Crippen molar-refractivity contribution in [3.63, 3.8) is 0 Å². The van der Waals surface area contributed by atoms with Crippen molar-refractivity contribution in [2.45, 2.75) is 39.0 Å². The third kappa shape index (κ3) is 5.80. The average Bonchev–Trinajstić information content (AvgIpc) is 2.33. The summed E-state index contributed by atoms with van der Waals surface area (Å²) in [5, 5.41) is 2.79. The van der Waals surface area contributed by atoms with Gasteiger partial charge in [-0.05, 0) is 26.3 Å². The van der Waals surface area contributed by atoms with Crippen LogP contribution in [-0.4, -0.2) is 24.2 Å². The summed E-state index contributed by atoms with van der Waals surface area (Å²) >= 11 is 0. The monoisotopic (exact) mass is 250 g/mol. The zero-order chi connectivity index (χ0) is 13.6. The molecule has 1 rings (SSSR count). The van der Waals surface area contributed by atoms with Crippen LogP contribution < -0.4 is 11.1 Å². The van der Waals surface area contributed by atoms with E-state index in [1.54, 1.807) is 0 Å². The minimum Gasteiger partial charge on any atom is -0.374 e. The molecule has 4 heteroatoms. The van der Waals surface area contributed by atoms with Crippen LogP contribution in [0.1, 0.15) is 26.3 Å². The average molecular weight is 250 g/mol. The van der Waals surface area contributed by atoms with E-state index in [9.17, 15) is 4.79 Å². The first-order valence-electron chi connectivity index (χ1n) is 6.09. The van der Waals surface area contributed by atoms with Crippen LogP contribution in [0.25, 0.3) is 0 Å². The normalized spacial score (nSPS) is 13.1. The summed E-state index contributed by atoms with van der Waals surface area (Å²) in [6.45, 7) is 6.51. The van der Waals surface area contributed by atoms with Gasteiger partial charge in [-0.15, -0.1) is 0 Å². The largest absolute Gasteiger partial charge is 0.374 e. The predicted octanol–water partition coefficient (Wildman–Crippen LogP) is 1.45. The van der Waals surface area contributed by atoms with Gasteiger partial charge in [-0.3, -0.25) is 4.79 Å². The Labute approximate surface area is 109 Å². The van der Waals surface area contributed by atoms with E-state index in [4.69, 9.17) is 10.5 Å². The maximum atomic E-state index is 11.7. The Morgan fingerprint density at radius 2 is 1.94 bits per heavy atom. The van der Waals surface area contributed by atoms with Gasteiger partial charge in [0.05, 0.1) is 12.2 Å². The van der Waals surface area contributed by atoms with Crippen molar-refractivity contribution in [3.05, 3.63) is 35.9 Å². The quantitative estimate of drug-likeness (QED) is 0.831. The molecule has 0 aliphatic rings. The molecule has 0 aliphatic carbocycles. The van der Waals surface area contributed by atoms with Gasteiger partial charge in [-0.2, -0.15) is 0 Å². The van der Waals surface area contributed by atoms with Gasteiger partial charge >= 0.3 is 0 Å². The molecule has 1 aromatic rings. The molecule has 1 unspecified atom stereocenters. The lowest BCUT2D eigenvalue weighted by molar-refractivity contribution is -0.125. The first kappa shape index (κ1) is 14.7. The molecule has 0 saturated carbocycles. The Morgan fingerprint density at radius 1 is 1.33 bits per heavy atom. The van der Waals surface area contributed by atoms with E-state index in [2.05, 4.69) is 5.32 Å². The van der Waals surface area contributed by atoms with Crippen molar-refractivity contribution in [2.75, 3.05) is 6.61 Å². The van der Waals surface area contributed by atoms with Crippen LogP contribution in [0.2, 0.25) is 0 Å². The summed E-state index contributed by atoms with van der Waals surface area (Å²) in [5.74, 6) is -0.192. The van der Waals surface area contributed by atoms with Crippen LogP contribution in [0.4, 0.5) is 0 Å². The summed E-state index contributed by atoms with van der Waals surface area (Å²) < 4.78 is 5.48. The molecule has 100 valence electrons. The van der Waals surface area contributed by atoms with Crippen molar-refractivity contribution >= 4 is 5.91 Å². The molecule has 0 aromatic heterocycles. The van der Waals surface area contributed by atoms with E-state index in [1.165, 1.54) is 0 Å². The van der Waals surface area contributed by atoms with E-state index in [1.807, 2.05) is 51.1 Å². The van der Waals surface area contributed by atoms with Gasteiger partial charge in [0.15, 0.2) is 0 Å². The summed E-state index contributed by atoms with van der Waals surface area (Å²) in [5.41, 5.74) is 6.52. The molecule has 0 bridgehead atoms. The molecule has 1 amide bonds. The Bertz CT molecular complexity index is 371. The van der Waals surface area contributed by atoms with Crippen molar-refractivity contribution < 1.29 is 9.53 Å². The minimum absolute atomic E-state index is 0.192. The number of nitrogens with two attached hydrogens (primary N) is 1. The highest BCUT2D eigenvalue weighted by Crippen LogP contribution is 2.06. The number of nitrogens with one attached hydrogen (secondary N) is 1. The molecule has 0 radical (unpaired) electrons. The lowest BCUT2D eigenvalue weighted by Gasteiger charge is -2.22. The standard InChI is InChI=1S/C14H22N2O2/c1-14(2,3)18-10-12(15)13(17)16-9-11-7-5-4-6-8-11/h4-8,12H,9-10,15H2,1-3H3,(H,16,17). The minimum atomic E-state index is -0.632. The molecule has 0 saturated heterocycles. The number of carbonyl (C=O) groups excluding carboxylic acids is 1. The Morgan fingerprint density at radius 3 is 2.50 bits per heavy atom. The number of benzene rings is 1. The molecule has 4 nitrogen and oxygen atoms in total.